The second-order valence-corrected chi connectivity index (χ2v) is 4.11. The molecule has 2 aromatic rings. The molecule has 2 rings (SSSR count). The molecule has 0 aliphatic heterocycles. The van der Waals surface area contributed by atoms with E-state index in [1.807, 2.05) is 0 Å². The van der Waals surface area contributed by atoms with Crippen molar-refractivity contribution in [2.45, 2.75) is 0 Å². The number of halogens is 2. The molecule has 0 saturated carbocycles. The molecule has 1 amide bonds. The van der Waals surface area contributed by atoms with Gasteiger partial charge in [0.15, 0.2) is 0 Å². The van der Waals surface area contributed by atoms with Crippen molar-refractivity contribution in [1.82, 2.24) is 0 Å². The average molecular weight is 305 g/mol. The van der Waals surface area contributed by atoms with E-state index < -0.39 is 33.6 Å². The molecule has 6 nitrogen and oxygen atoms in total. The first-order valence-electron chi connectivity index (χ1n) is 5.86. The molecule has 0 bridgehead atoms. The Labute approximate surface area is 122 Å². The number of nitro benzene ring substituents is 1. The highest BCUT2D eigenvalue weighted by atomic mass is 19.1. The third-order valence-electron chi connectivity index (χ3n) is 2.79. The van der Waals surface area contributed by atoms with Gasteiger partial charge in [0.05, 0.1) is 16.1 Å². The summed E-state index contributed by atoms with van der Waals surface area (Å²) in [5, 5.41) is 13.0. The van der Waals surface area contributed by atoms with Crippen molar-refractivity contribution in [2.75, 3.05) is 5.32 Å². The van der Waals surface area contributed by atoms with Crippen LogP contribution in [0.3, 0.4) is 0 Å². The number of anilines is 1. The molecule has 0 heterocycles. The topological polar surface area (TPSA) is 89.3 Å². The zero-order valence-corrected chi connectivity index (χ0v) is 10.8. The van der Waals surface area contributed by atoms with Crippen LogP contribution in [0, 0.1) is 21.7 Å². The van der Waals surface area contributed by atoms with Gasteiger partial charge >= 0.3 is 0 Å². The monoisotopic (exact) mass is 305 g/mol. The highest BCUT2D eigenvalue weighted by Crippen LogP contribution is 2.24. The number of rotatable bonds is 4. The first-order valence-corrected chi connectivity index (χ1v) is 5.86. The Bertz CT molecular complexity index is 777. The van der Waals surface area contributed by atoms with Crippen LogP contribution in [-0.2, 0) is 4.79 Å². The zero-order valence-electron chi connectivity index (χ0n) is 10.8. The molecule has 1 radical (unpaired) electrons. The van der Waals surface area contributed by atoms with Gasteiger partial charge < -0.3 is 5.32 Å². The minimum absolute atomic E-state index is 0.155. The average Bonchev–Trinajstić information content (AvgIpc) is 2.48. The Hall–Kier alpha value is -3.16. The van der Waals surface area contributed by atoms with Crippen LogP contribution in [-0.4, -0.2) is 17.1 Å². The quantitative estimate of drug-likeness (QED) is 0.694. The van der Waals surface area contributed by atoms with E-state index in [0.717, 1.165) is 24.5 Å². The molecule has 111 valence electrons. The van der Waals surface area contributed by atoms with Gasteiger partial charge in [0.1, 0.15) is 17.3 Å². The maximum absolute atomic E-state index is 13.8. The second kappa shape index (κ2) is 6.08. The molecule has 0 aliphatic rings. The molecular formula is C14H7F2N2O4. The van der Waals surface area contributed by atoms with Gasteiger partial charge in [-0.2, -0.15) is 0 Å². The molecular weight excluding hydrogens is 298 g/mol. The molecule has 0 aliphatic carbocycles. The van der Waals surface area contributed by atoms with Crippen LogP contribution in [0.4, 0.5) is 20.2 Å². The lowest BCUT2D eigenvalue weighted by Crippen LogP contribution is -2.16. The van der Waals surface area contributed by atoms with Gasteiger partial charge in [-0.3, -0.25) is 19.7 Å². The van der Waals surface area contributed by atoms with Crippen molar-refractivity contribution < 1.29 is 23.3 Å². The lowest BCUT2D eigenvalue weighted by atomic mass is 10.1. The molecule has 0 unspecified atom stereocenters. The molecule has 0 fully saturated rings. The van der Waals surface area contributed by atoms with E-state index in [0.29, 0.717) is 0 Å². The molecule has 0 atom stereocenters. The fourth-order valence-corrected chi connectivity index (χ4v) is 1.75. The van der Waals surface area contributed by atoms with Gasteiger partial charge in [0, 0.05) is 6.07 Å². The Morgan fingerprint density at radius 2 is 1.86 bits per heavy atom. The molecule has 22 heavy (non-hydrogen) atoms. The largest absolute Gasteiger partial charge is 0.316 e. The van der Waals surface area contributed by atoms with Gasteiger partial charge in [-0.25, -0.2) is 8.78 Å². The lowest BCUT2D eigenvalue weighted by Gasteiger charge is -2.07. The maximum atomic E-state index is 13.8. The van der Waals surface area contributed by atoms with Crippen LogP contribution < -0.4 is 5.32 Å². The number of para-hydroxylation sites is 2. The van der Waals surface area contributed by atoms with Crippen LogP contribution in [0.15, 0.2) is 36.4 Å². The maximum Gasteiger partial charge on any atom is 0.292 e. The van der Waals surface area contributed by atoms with Crippen LogP contribution >= 0.6 is 0 Å². The third-order valence-corrected chi connectivity index (χ3v) is 2.79. The Morgan fingerprint density at radius 1 is 1.18 bits per heavy atom. The number of nitro groups is 1. The number of nitrogens with one attached hydrogen (secondary N) is 1. The number of carbonyl (C=O) groups excluding carboxylic acids is 2. The minimum Gasteiger partial charge on any atom is -0.316 e. The summed E-state index contributed by atoms with van der Waals surface area (Å²) < 4.78 is 27.0. The van der Waals surface area contributed by atoms with Crippen molar-refractivity contribution >= 4 is 23.6 Å². The summed E-state index contributed by atoms with van der Waals surface area (Å²) in [6, 6.07) is 6.80. The summed E-state index contributed by atoms with van der Waals surface area (Å²) in [5.74, 6) is -3.59. The van der Waals surface area contributed by atoms with E-state index in [9.17, 15) is 28.5 Å². The van der Waals surface area contributed by atoms with E-state index in [4.69, 9.17) is 0 Å². The Balaban J connectivity index is 2.39. The van der Waals surface area contributed by atoms with Crippen molar-refractivity contribution in [3.8, 4) is 0 Å². The van der Waals surface area contributed by atoms with Gasteiger partial charge in [0.25, 0.3) is 11.6 Å². The number of hydrogen-bond donors (Lipinski definition) is 1. The highest BCUT2D eigenvalue weighted by molar-refractivity contribution is 6.06. The predicted octanol–water partition coefficient (Wildman–Crippen LogP) is 2.58. The number of amides is 1. The summed E-state index contributed by atoms with van der Waals surface area (Å²) in [4.78, 5) is 32.6. The van der Waals surface area contributed by atoms with Gasteiger partial charge in [0.2, 0.25) is 6.29 Å². The molecule has 1 N–H and O–H groups in total. The normalized spacial score (nSPS) is 10.1. The van der Waals surface area contributed by atoms with Crippen molar-refractivity contribution in [2.24, 2.45) is 0 Å². The van der Waals surface area contributed by atoms with Gasteiger partial charge in [-0.15, -0.1) is 0 Å². The fourth-order valence-electron chi connectivity index (χ4n) is 1.75. The molecule has 0 saturated heterocycles. The van der Waals surface area contributed by atoms with E-state index in [1.54, 1.807) is 0 Å². The number of hydrogen-bond acceptors (Lipinski definition) is 4. The summed E-state index contributed by atoms with van der Waals surface area (Å²) >= 11 is 0. The van der Waals surface area contributed by atoms with Crippen LogP contribution in [0.25, 0.3) is 0 Å². The Kier molecular flexibility index (Phi) is 4.21. The molecule has 0 aromatic heterocycles. The highest BCUT2D eigenvalue weighted by Gasteiger charge is 2.21. The second-order valence-electron chi connectivity index (χ2n) is 4.11. The SMILES string of the molecule is O=[C]c1c(F)ccc(C(=O)Nc2ccccc2[N+](=O)[O-])c1F. The fraction of sp³-hybridized carbons (Fsp3) is 0. The van der Waals surface area contributed by atoms with Crippen LogP contribution in [0.5, 0.6) is 0 Å². The number of benzene rings is 2. The zero-order chi connectivity index (χ0) is 16.3. The predicted molar refractivity (Wildman–Crippen MR) is 72.2 cm³/mol. The smallest absolute Gasteiger partial charge is 0.292 e. The standard InChI is InChI=1S/C14H7F2N2O4/c15-10-6-5-8(13(16)9(10)7-19)14(20)17-11-3-1-2-4-12(11)18(21)22/h1-6H,(H,17,20). The van der Waals surface area contributed by atoms with E-state index >= 15 is 0 Å². The van der Waals surface area contributed by atoms with E-state index in [1.165, 1.54) is 18.2 Å². The lowest BCUT2D eigenvalue weighted by molar-refractivity contribution is -0.383. The number of nitrogens with zero attached hydrogens (tertiary/aromatic N) is 1. The van der Waals surface area contributed by atoms with E-state index in [-0.39, 0.29) is 11.4 Å². The molecule has 2 aromatic carbocycles. The summed E-state index contributed by atoms with van der Waals surface area (Å²) in [6.07, 6.45) is 1.06. The number of carbonyl (C=O) groups is 1. The van der Waals surface area contributed by atoms with Gasteiger partial charge in [-0.1, -0.05) is 12.1 Å². The van der Waals surface area contributed by atoms with Crippen LogP contribution in [0.1, 0.15) is 15.9 Å². The van der Waals surface area contributed by atoms with Crippen LogP contribution in [0.2, 0.25) is 0 Å². The van der Waals surface area contributed by atoms with Crippen molar-refractivity contribution in [1.29, 1.82) is 0 Å². The minimum atomic E-state index is -1.38. The first kappa shape index (κ1) is 15.2. The molecule has 8 heteroatoms. The molecule has 0 spiro atoms. The van der Waals surface area contributed by atoms with E-state index in [2.05, 4.69) is 5.32 Å². The summed E-state index contributed by atoms with van der Waals surface area (Å²) in [6.45, 7) is 0. The van der Waals surface area contributed by atoms with Crippen molar-refractivity contribution in [3.05, 3.63) is 69.3 Å². The summed E-state index contributed by atoms with van der Waals surface area (Å²) in [7, 11) is 0. The van der Waals surface area contributed by atoms with Gasteiger partial charge in [-0.05, 0) is 18.2 Å². The first-order chi connectivity index (χ1) is 10.5. The third kappa shape index (κ3) is 2.80. The Morgan fingerprint density at radius 3 is 2.50 bits per heavy atom. The van der Waals surface area contributed by atoms with Crippen molar-refractivity contribution in [3.63, 3.8) is 0 Å². The summed E-state index contributed by atoms with van der Waals surface area (Å²) in [5.41, 5.74) is -2.17.